The summed E-state index contributed by atoms with van der Waals surface area (Å²) in [6, 6.07) is 12.1. The Labute approximate surface area is 133 Å². The molecule has 1 amide bonds. The Morgan fingerprint density at radius 1 is 1.10 bits per heavy atom. The molecule has 104 valence electrons. The second-order valence-corrected chi connectivity index (χ2v) is 5.68. The van der Waals surface area contributed by atoms with Gasteiger partial charge in [0.2, 0.25) is 0 Å². The van der Waals surface area contributed by atoms with Gasteiger partial charge in [0.1, 0.15) is 5.82 Å². The molecule has 0 unspecified atom stereocenters. The van der Waals surface area contributed by atoms with Crippen molar-refractivity contribution in [3.8, 4) is 0 Å². The number of carbonyl (C=O) groups excluding carboxylic acids is 1. The van der Waals surface area contributed by atoms with E-state index in [9.17, 15) is 9.18 Å². The van der Waals surface area contributed by atoms with Gasteiger partial charge in [-0.05, 0) is 45.3 Å². The molecule has 0 fully saturated rings. The Kier molecular flexibility index (Phi) is 5.31. The standard InChI is InChI=1S/C15H12Br2FNO/c16-8-10-1-3-11(4-2-10)9-19-15(20)12-5-6-14(18)13(17)7-12/h1-7H,8-9H2,(H,19,20). The number of amides is 1. The molecule has 0 aliphatic heterocycles. The predicted molar refractivity (Wildman–Crippen MR) is 84.3 cm³/mol. The van der Waals surface area contributed by atoms with Crippen LogP contribution in [0.5, 0.6) is 0 Å². The summed E-state index contributed by atoms with van der Waals surface area (Å²) >= 11 is 6.45. The van der Waals surface area contributed by atoms with Crippen molar-refractivity contribution in [3.63, 3.8) is 0 Å². The number of halogens is 3. The first kappa shape index (κ1) is 15.2. The number of hydrogen-bond acceptors (Lipinski definition) is 1. The van der Waals surface area contributed by atoms with Gasteiger partial charge in [-0.25, -0.2) is 4.39 Å². The van der Waals surface area contributed by atoms with E-state index in [-0.39, 0.29) is 16.2 Å². The molecule has 0 saturated carbocycles. The third-order valence-corrected chi connectivity index (χ3v) is 4.07. The van der Waals surface area contributed by atoms with Gasteiger partial charge in [-0.15, -0.1) is 0 Å². The van der Waals surface area contributed by atoms with Crippen molar-refractivity contribution in [1.82, 2.24) is 5.32 Å². The maximum atomic E-state index is 13.1. The van der Waals surface area contributed by atoms with Gasteiger partial charge >= 0.3 is 0 Å². The Bertz CT molecular complexity index is 614. The SMILES string of the molecule is O=C(NCc1ccc(CBr)cc1)c1ccc(F)c(Br)c1. The van der Waals surface area contributed by atoms with E-state index in [4.69, 9.17) is 0 Å². The minimum Gasteiger partial charge on any atom is -0.348 e. The van der Waals surface area contributed by atoms with Crippen LogP contribution in [-0.4, -0.2) is 5.91 Å². The van der Waals surface area contributed by atoms with Gasteiger partial charge in [0.05, 0.1) is 4.47 Å². The summed E-state index contributed by atoms with van der Waals surface area (Å²) < 4.78 is 13.4. The summed E-state index contributed by atoms with van der Waals surface area (Å²) in [7, 11) is 0. The van der Waals surface area contributed by atoms with E-state index < -0.39 is 0 Å². The quantitative estimate of drug-likeness (QED) is 0.756. The topological polar surface area (TPSA) is 29.1 Å². The molecule has 0 heterocycles. The summed E-state index contributed by atoms with van der Waals surface area (Å²) in [5.74, 6) is -0.609. The van der Waals surface area contributed by atoms with Crippen LogP contribution in [0.25, 0.3) is 0 Å². The molecule has 2 rings (SSSR count). The van der Waals surface area contributed by atoms with Crippen LogP contribution < -0.4 is 5.32 Å². The lowest BCUT2D eigenvalue weighted by molar-refractivity contribution is 0.0951. The largest absolute Gasteiger partial charge is 0.348 e. The average Bonchev–Trinajstić information content (AvgIpc) is 2.48. The van der Waals surface area contributed by atoms with Crippen LogP contribution in [0, 0.1) is 5.82 Å². The summed E-state index contributed by atoms with van der Waals surface area (Å²) in [5.41, 5.74) is 2.63. The molecule has 0 saturated heterocycles. The summed E-state index contributed by atoms with van der Waals surface area (Å²) in [6.07, 6.45) is 0. The lowest BCUT2D eigenvalue weighted by atomic mass is 10.1. The van der Waals surface area contributed by atoms with Crippen molar-refractivity contribution in [2.45, 2.75) is 11.9 Å². The van der Waals surface area contributed by atoms with Crippen LogP contribution in [-0.2, 0) is 11.9 Å². The van der Waals surface area contributed by atoms with Crippen molar-refractivity contribution >= 4 is 37.8 Å². The number of rotatable bonds is 4. The number of carbonyl (C=O) groups is 1. The molecular formula is C15H12Br2FNO. The summed E-state index contributed by atoms with van der Waals surface area (Å²) in [5, 5.41) is 3.61. The van der Waals surface area contributed by atoms with Gasteiger partial charge in [0.15, 0.2) is 0 Å². The van der Waals surface area contributed by atoms with Crippen LogP contribution >= 0.6 is 31.9 Å². The second kappa shape index (κ2) is 6.99. The first-order valence-corrected chi connectivity index (χ1v) is 7.88. The molecule has 0 bridgehead atoms. The fraction of sp³-hybridized carbons (Fsp3) is 0.133. The zero-order valence-electron chi connectivity index (χ0n) is 10.5. The minimum absolute atomic E-state index is 0.227. The molecule has 0 aromatic heterocycles. The highest BCUT2D eigenvalue weighted by atomic mass is 79.9. The Morgan fingerprint density at radius 2 is 1.75 bits per heavy atom. The Morgan fingerprint density at radius 3 is 2.35 bits per heavy atom. The van der Waals surface area contributed by atoms with Crippen LogP contribution in [0.4, 0.5) is 4.39 Å². The number of alkyl halides is 1. The van der Waals surface area contributed by atoms with E-state index in [1.54, 1.807) is 0 Å². The smallest absolute Gasteiger partial charge is 0.251 e. The van der Waals surface area contributed by atoms with E-state index in [0.29, 0.717) is 12.1 Å². The molecular weight excluding hydrogens is 389 g/mol. The van der Waals surface area contributed by atoms with E-state index in [2.05, 4.69) is 37.2 Å². The molecule has 0 radical (unpaired) electrons. The van der Waals surface area contributed by atoms with Crippen LogP contribution in [0.1, 0.15) is 21.5 Å². The highest BCUT2D eigenvalue weighted by Crippen LogP contribution is 2.17. The van der Waals surface area contributed by atoms with Crippen molar-refractivity contribution in [2.75, 3.05) is 0 Å². The zero-order chi connectivity index (χ0) is 14.5. The van der Waals surface area contributed by atoms with Gasteiger partial charge in [-0.1, -0.05) is 40.2 Å². The fourth-order valence-electron chi connectivity index (χ4n) is 1.67. The van der Waals surface area contributed by atoms with E-state index in [1.807, 2.05) is 24.3 Å². The first-order valence-electron chi connectivity index (χ1n) is 5.97. The molecule has 0 atom stereocenters. The fourth-order valence-corrected chi connectivity index (χ4v) is 2.42. The molecule has 2 aromatic carbocycles. The second-order valence-electron chi connectivity index (χ2n) is 4.26. The maximum Gasteiger partial charge on any atom is 0.251 e. The number of nitrogens with one attached hydrogen (secondary N) is 1. The van der Waals surface area contributed by atoms with Crippen molar-refractivity contribution in [3.05, 3.63) is 69.4 Å². The molecule has 1 N–H and O–H groups in total. The summed E-state index contributed by atoms with van der Waals surface area (Å²) in [4.78, 5) is 11.9. The van der Waals surface area contributed by atoms with Crippen molar-refractivity contribution in [2.24, 2.45) is 0 Å². The third-order valence-electron chi connectivity index (χ3n) is 2.81. The van der Waals surface area contributed by atoms with Gasteiger partial charge in [-0.3, -0.25) is 4.79 Å². The Hall–Kier alpha value is -1.20. The highest BCUT2D eigenvalue weighted by molar-refractivity contribution is 9.10. The molecule has 0 aliphatic carbocycles. The molecule has 0 aliphatic rings. The van der Waals surface area contributed by atoms with Crippen LogP contribution in [0.15, 0.2) is 46.9 Å². The normalized spacial score (nSPS) is 10.3. The van der Waals surface area contributed by atoms with Crippen LogP contribution in [0.3, 0.4) is 0 Å². The van der Waals surface area contributed by atoms with E-state index in [1.165, 1.54) is 23.8 Å². The van der Waals surface area contributed by atoms with Crippen molar-refractivity contribution < 1.29 is 9.18 Å². The lowest BCUT2D eigenvalue weighted by Gasteiger charge is -2.07. The number of hydrogen-bond donors (Lipinski definition) is 1. The van der Waals surface area contributed by atoms with Gasteiger partial charge < -0.3 is 5.32 Å². The van der Waals surface area contributed by atoms with Gasteiger partial charge in [0.25, 0.3) is 5.91 Å². The molecule has 2 nitrogen and oxygen atoms in total. The maximum absolute atomic E-state index is 13.1. The summed E-state index contributed by atoms with van der Waals surface area (Å²) in [6.45, 7) is 0.441. The Balaban J connectivity index is 1.98. The lowest BCUT2D eigenvalue weighted by Crippen LogP contribution is -2.22. The first-order chi connectivity index (χ1) is 9.60. The zero-order valence-corrected chi connectivity index (χ0v) is 13.7. The number of benzene rings is 2. The molecule has 0 spiro atoms. The third kappa shape index (κ3) is 3.90. The molecule has 20 heavy (non-hydrogen) atoms. The van der Waals surface area contributed by atoms with E-state index in [0.717, 1.165) is 10.9 Å². The monoisotopic (exact) mass is 399 g/mol. The van der Waals surface area contributed by atoms with Crippen LogP contribution in [0.2, 0.25) is 0 Å². The van der Waals surface area contributed by atoms with Crippen molar-refractivity contribution in [1.29, 1.82) is 0 Å². The van der Waals surface area contributed by atoms with Gasteiger partial charge in [-0.2, -0.15) is 0 Å². The average molecular weight is 401 g/mol. The molecule has 5 heteroatoms. The predicted octanol–water partition coefficient (Wildman–Crippen LogP) is 4.41. The minimum atomic E-state index is -0.382. The highest BCUT2D eigenvalue weighted by Gasteiger charge is 2.08. The molecule has 2 aromatic rings. The van der Waals surface area contributed by atoms with Gasteiger partial charge in [0, 0.05) is 17.4 Å². The van der Waals surface area contributed by atoms with E-state index >= 15 is 0 Å².